The SMILES string of the molecule is CNCOCCC(CO)OP(=O)(O)OCCOP(=O)(O)OCCCCC(=O)NCC(CNC(=O)CCCCOP(=O)(O)OCCOP(=O)(O)OC(CO)CCOCNC)OP(=O)(O)OCCOCCOCCOCCOCCOCCOP(=O)(O)OI. The van der Waals surface area contributed by atoms with Crippen molar-refractivity contribution in [2.45, 2.75) is 69.7 Å². The fraction of sp³-hybridized carbons (Fsp3) is 0.951. The molecule has 0 aliphatic carbocycles. The Hall–Kier alpha value is -0.110. The number of phosphoric acid groups is 6. The molecule has 0 aromatic carbocycles. The Bertz CT molecular complexity index is 1960. The number of phosphoric ester groups is 6. The van der Waals surface area contributed by atoms with Crippen LogP contribution in [0, 0.1) is 0 Å². The molecule has 8 atom stereocenters. The summed E-state index contributed by atoms with van der Waals surface area (Å²) in [6, 6.07) is 0. The maximum atomic E-state index is 12.9. The van der Waals surface area contributed by atoms with E-state index in [0.717, 1.165) is 0 Å². The molecule has 0 aromatic heterocycles. The lowest BCUT2D eigenvalue weighted by Crippen LogP contribution is -2.41. The molecule has 0 rings (SSSR count). The monoisotopic (exact) mass is 1510 g/mol. The van der Waals surface area contributed by atoms with Crippen molar-refractivity contribution in [1.82, 2.24) is 21.3 Å². The molecule has 0 heterocycles. The van der Waals surface area contributed by atoms with Gasteiger partial charge in [-0.25, -0.2) is 30.2 Å². The van der Waals surface area contributed by atoms with Gasteiger partial charge < -0.3 is 83.4 Å². The molecule has 0 saturated heterocycles. The van der Waals surface area contributed by atoms with Gasteiger partial charge in [-0.2, -0.15) is 0 Å². The van der Waals surface area contributed by atoms with Crippen LogP contribution in [-0.4, -0.2) is 256 Å². The summed E-state index contributed by atoms with van der Waals surface area (Å²) in [5, 5.41) is 29.2. The summed E-state index contributed by atoms with van der Waals surface area (Å²) < 4.78 is 168. The molecule has 0 aliphatic rings. The van der Waals surface area contributed by atoms with Crippen molar-refractivity contribution >= 4 is 81.8 Å². The van der Waals surface area contributed by atoms with Crippen LogP contribution in [0.4, 0.5) is 0 Å². The number of hydrogen-bond acceptors (Lipinski definition) is 31. The van der Waals surface area contributed by atoms with E-state index in [1.54, 1.807) is 14.1 Å². The Labute approximate surface area is 518 Å². The lowest BCUT2D eigenvalue weighted by Gasteiger charge is -2.22. The number of nitrogens with one attached hydrogen (secondary N) is 4. The summed E-state index contributed by atoms with van der Waals surface area (Å²) in [6.07, 6.45) is -3.52. The zero-order valence-corrected chi connectivity index (χ0v) is 56.0. The van der Waals surface area contributed by atoms with E-state index in [1.807, 2.05) is 0 Å². The Balaban J connectivity index is 4.95. The summed E-state index contributed by atoms with van der Waals surface area (Å²) in [4.78, 5) is 84.9. The van der Waals surface area contributed by atoms with E-state index in [-0.39, 0.29) is 164 Å². The number of carbonyl (C=O) groups excluding carboxylic acids is 2. The average Bonchev–Trinajstić information content (AvgIpc) is 3.66. The zero-order chi connectivity index (χ0) is 65.2. The first-order valence-corrected chi connectivity index (χ1v) is 36.7. The standard InChI is InChI=1S/C41H89IN4O35P6/c1-43-35-68-13-9-37(33-47)78-84(55,56)75-29-27-72-82(51,52)70-11-5-3-7-40(49)45-31-39(80-86(59,60)74-25-23-66-21-19-64-17-15-63-16-18-65-20-22-67-24-26-77-87(61,62)81-42)32-46-41(50)8-4-6-12-71-83(53,54)73-28-30-76-85(57,58)79-38(34-48)10-14-69-36-44-2/h37-39,43-44,47-48H,3-36H2,1-2H3,(H,45,49)(H,46,50)(H,51,52)(H,53,54)(H,55,56)(H,57,58)(H,59,60)(H,61,62). The first kappa shape index (κ1) is 86.9. The first-order valence-electron chi connectivity index (χ1n) is 26.8. The van der Waals surface area contributed by atoms with E-state index in [0.29, 0.717) is 0 Å². The summed E-state index contributed by atoms with van der Waals surface area (Å²) in [6.45, 7) is -3.95. The summed E-state index contributed by atoms with van der Waals surface area (Å²) in [7, 11) is -24.4. The highest BCUT2D eigenvalue weighted by molar-refractivity contribution is 14.1. The van der Waals surface area contributed by atoms with Crippen molar-refractivity contribution in [3.05, 3.63) is 0 Å². The molecule has 8 unspecified atom stereocenters. The van der Waals surface area contributed by atoms with Gasteiger partial charge in [0.1, 0.15) is 29.1 Å². The minimum absolute atomic E-state index is 0.0524. The Morgan fingerprint density at radius 2 is 0.644 bits per heavy atom. The van der Waals surface area contributed by atoms with Crippen LogP contribution < -0.4 is 21.3 Å². The summed E-state index contributed by atoms with van der Waals surface area (Å²) >= 11 is 1.26. The smallest absolute Gasteiger partial charge is 0.394 e. The fourth-order valence-corrected chi connectivity index (χ4v) is 10.7. The average molecular weight is 1510 g/mol. The molecule has 520 valence electrons. The number of hydrogen-bond donors (Lipinski definition) is 12. The second kappa shape index (κ2) is 53.2. The van der Waals surface area contributed by atoms with Crippen molar-refractivity contribution < 1.29 is 162 Å². The largest absolute Gasteiger partial charge is 0.481 e. The molecular weight excluding hydrogens is 1420 g/mol. The number of aliphatic hydroxyl groups excluding tert-OH is 2. The van der Waals surface area contributed by atoms with Crippen LogP contribution in [0.25, 0.3) is 0 Å². The van der Waals surface area contributed by atoms with Crippen LogP contribution in [0.15, 0.2) is 0 Å². The molecule has 0 bridgehead atoms. The minimum atomic E-state index is -4.87. The van der Waals surface area contributed by atoms with Crippen LogP contribution in [0.3, 0.4) is 0 Å². The van der Waals surface area contributed by atoms with Gasteiger partial charge in [0.05, 0.1) is 171 Å². The summed E-state index contributed by atoms with van der Waals surface area (Å²) in [5.74, 6) is -1.22. The highest BCUT2D eigenvalue weighted by Crippen LogP contribution is 2.49. The second-order valence-corrected chi connectivity index (χ2v) is 26.7. The van der Waals surface area contributed by atoms with E-state index in [4.69, 9.17) is 83.3 Å². The Morgan fingerprint density at radius 1 is 0.368 bits per heavy atom. The van der Waals surface area contributed by atoms with Gasteiger partial charge in [0.25, 0.3) is 0 Å². The predicted octanol–water partition coefficient (Wildman–Crippen LogP) is 1.05. The van der Waals surface area contributed by atoms with Gasteiger partial charge >= 0.3 is 46.9 Å². The fourth-order valence-electron chi connectivity index (χ4n) is 5.81. The van der Waals surface area contributed by atoms with Crippen molar-refractivity contribution in [2.24, 2.45) is 0 Å². The van der Waals surface area contributed by atoms with Gasteiger partial charge in [0, 0.05) is 25.9 Å². The number of aliphatic hydroxyl groups is 2. The highest BCUT2D eigenvalue weighted by Gasteiger charge is 2.31. The summed E-state index contributed by atoms with van der Waals surface area (Å²) in [5.41, 5.74) is 0. The molecule has 0 aliphatic heterocycles. The maximum Gasteiger partial charge on any atom is 0.481 e. The van der Waals surface area contributed by atoms with Crippen LogP contribution >= 0.6 is 69.9 Å². The van der Waals surface area contributed by atoms with Crippen LogP contribution in [-0.2, 0) is 123 Å². The van der Waals surface area contributed by atoms with E-state index < -0.39 is 136 Å². The van der Waals surface area contributed by atoms with E-state index in [9.17, 15) is 71.7 Å². The number of ether oxygens (including phenoxy) is 7. The van der Waals surface area contributed by atoms with E-state index >= 15 is 0 Å². The number of amides is 2. The molecule has 0 aromatic rings. The van der Waals surface area contributed by atoms with Gasteiger partial charge in [-0.15, -0.1) is 0 Å². The highest BCUT2D eigenvalue weighted by atomic mass is 127. The molecule has 39 nitrogen and oxygen atoms in total. The lowest BCUT2D eigenvalue weighted by molar-refractivity contribution is -0.121. The molecule has 0 saturated carbocycles. The normalized spacial score (nSPS) is 17.2. The van der Waals surface area contributed by atoms with Crippen molar-refractivity contribution in [3.63, 3.8) is 0 Å². The third kappa shape index (κ3) is 56.0. The lowest BCUT2D eigenvalue weighted by atomic mass is 10.2. The van der Waals surface area contributed by atoms with Crippen molar-refractivity contribution in [1.29, 1.82) is 0 Å². The third-order valence-corrected chi connectivity index (χ3v) is 17.2. The molecule has 0 radical (unpaired) electrons. The molecule has 0 fully saturated rings. The number of carbonyl (C=O) groups is 2. The van der Waals surface area contributed by atoms with Gasteiger partial charge in [-0.1, -0.05) is 0 Å². The molecule has 87 heavy (non-hydrogen) atoms. The molecule has 46 heteroatoms. The van der Waals surface area contributed by atoms with Gasteiger partial charge in [-0.05, 0) is 52.6 Å². The minimum Gasteiger partial charge on any atom is -0.394 e. The van der Waals surface area contributed by atoms with Crippen LogP contribution in [0.2, 0.25) is 0 Å². The molecule has 12 N–H and O–H groups in total. The number of halogens is 1. The zero-order valence-electron chi connectivity index (χ0n) is 48.4. The van der Waals surface area contributed by atoms with Crippen LogP contribution in [0.1, 0.15) is 51.4 Å². The predicted molar refractivity (Wildman–Crippen MR) is 307 cm³/mol. The third-order valence-electron chi connectivity index (χ3n) is 9.80. The van der Waals surface area contributed by atoms with Crippen molar-refractivity contribution in [2.75, 3.05) is 186 Å². The molecule has 0 spiro atoms. The number of rotatable bonds is 65. The first-order chi connectivity index (χ1) is 41.2. The molecule has 2 amide bonds. The number of unbranched alkanes of at least 4 members (excludes halogenated alkanes) is 2. The maximum absolute atomic E-state index is 12.9. The molecular formula is C41H89IN4O35P6. The van der Waals surface area contributed by atoms with Gasteiger partial charge in [0.2, 0.25) is 11.8 Å². The Morgan fingerprint density at radius 3 is 0.954 bits per heavy atom. The van der Waals surface area contributed by atoms with Gasteiger partial charge in [0.15, 0.2) is 0 Å². The van der Waals surface area contributed by atoms with E-state index in [2.05, 4.69) is 28.6 Å². The van der Waals surface area contributed by atoms with E-state index in [1.165, 1.54) is 23.0 Å². The van der Waals surface area contributed by atoms with Crippen LogP contribution in [0.5, 0.6) is 0 Å². The topological polar surface area (TPSA) is 522 Å². The quantitative estimate of drug-likeness (QED) is 0.0175. The second-order valence-electron chi connectivity index (χ2n) is 17.1. The van der Waals surface area contributed by atoms with Gasteiger partial charge in [-0.3, -0.25) is 70.0 Å². The van der Waals surface area contributed by atoms with Crippen molar-refractivity contribution in [3.8, 4) is 0 Å². The Kier molecular flexibility index (Phi) is 53.1.